The van der Waals surface area contributed by atoms with Gasteiger partial charge >= 0.3 is 0 Å². The number of hydrazone groups is 1. The van der Waals surface area contributed by atoms with E-state index in [1.54, 1.807) is 36.4 Å². The van der Waals surface area contributed by atoms with Crippen LogP contribution in [0.5, 0.6) is 5.75 Å². The van der Waals surface area contributed by atoms with Crippen LogP contribution in [0.15, 0.2) is 52.2 Å². The number of para-hydroxylation sites is 2. The summed E-state index contributed by atoms with van der Waals surface area (Å²) in [5, 5.41) is 3.71. The van der Waals surface area contributed by atoms with E-state index in [0.29, 0.717) is 11.5 Å². The predicted molar refractivity (Wildman–Crippen MR) is 89.6 cm³/mol. The van der Waals surface area contributed by atoms with Crippen molar-refractivity contribution in [3.05, 3.63) is 48.4 Å². The molecule has 0 aliphatic rings. The van der Waals surface area contributed by atoms with Crippen molar-refractivity contribution >= 4 is 27.8 Å². The molecule has 0 saturated carbocycles. The summed E-state index contributed by atoms with van der Waals surface area (Å²) in [6, 6.07) is 9.86. The lowest BCUT2D eigenvalue weighted by molar-refractivity contribution is -0.119. The number of ether oxygens (including phenoxy) is 1. The Balaban J connectivity index is 2.13. The minimum atomic E-state index is -3.69. The van der Waals surface area contributed by atoms with Crippen LogP contribution in [-0.2, 0) is 14.8 Å². The number of anilines is 1. The van der Waals surface area contributed by atoms with Crippen molar-refractivity contribution in [2.24, 2.45) is 5.10 Å². The number of carbonyl (C=O) groups is 1. The lowest BCUT2D eigenvalue weighted by Crippen LogP contribution is -2.39. The molecule has 0 spiro atoms. The summed E-state index contributed by atoms with van der Waals surface area (Å²) < 4.78 is 35.2. The Labute approximate surface area is 139 Å². The molecule has 0 radical (unpaired) electrons. The zero-order valence-electron chi connectivity index (χ0n) is 13.2. The molecule has 0 saturated heterocycles. The predicted octanol–water partition coefficient (Wildman–Crippen LogP) is 1.20. The second-order valence-electron chi connectivity index (χ2n) is 4.75. The fourth-order valence-corrected chi connectivity index (χ4v) is 2.78. The summed E-state index contributed by atoms with van der Waals surface area (Å²) in [5.74, 6) is 0.198. The van der Waals surface area contributed by atoms with Gasteiger partial charge in [-0.05, 0) is 24.3 Å². The maximum Gasteiger partial charge on any atom is 0.260 e. The normalized spacial score (nSPS) is 11.4. The van der Waals surface area contributed by atoms with Crippen molar-refractivity contribution in [1.29, 1.82) is 0 Å². The summed E-state index contributed by atoms with van der Waals surface area (Å²) in [4.78, 5) is 12.0. The van der Waals surface area contributed by atoms with Crippen LogP contribution in [0.25, 0.3) is 0 Å². The SMILES string of the molecule is COc1ccccc1N(CC(=O)N/N=C\c1ccco1)S(C)(=O)=O. The van der Waals surface area contributed by atoms with Crippen LogP contribution in [0.2, 0.25) is 0 Å². The van der Waals surface area contributed by atoms with E-state index in [4.69, 9.17) is 9.15 Å². The van der Waals surface area contributed by atoms with Crippen LogP contribution in [0.1, 0.15) is 5.76 Å². The highest BCUT2D eigenvalue weighted by Gasteiger charge is 2.23. The van der Waals surface area contributed by atoms with E-state index in [1.165, 1.54) is 19.6 Å². The van der Waals surface area contributed by atoms with Gasteiger partial charge in [0, 0.05) is 0 Å². The number of amides is 1. The second-order valence-corrected chi connectivity index (χ2v) is 6.66. The Bertz CT molecular complexity index is 815. The van der Waals surface area contributed by atoms with Gasteiger partial charge in [-0.3, -0.25) is 9.10 Å². The molecule has 0 unspecified atom stereocenters. The van der Waals surface area contributed by atoms with Gasteiger partial charge in [0.2, 0.25) is 10.0 Å². The first kappa shape index (κ1) is 17.5. The third kappa shape index (κ3) is 4.59. The molecule has 1 aromatic carbocycles. The first-order valence-corrected chi connectivity index (χ1v) is 8.73. The first-order valence-electron chi connectivity index (χ1n) is 6.88. The quantitative estimate of drug-likeness (QED) is 0.597. The zero-order chi connectivity index (χ0) is 17.6. The second kappa shape index (κ2) is 7.64. The molecular weight excluding hydrogens is 334 g/mol. The molecule has 2 aromatic rings. The number of nitrogens with zero attached hydrogens (tertiary/aromatic N) is 2. The number of nitrogens with one attached hydrogen (secondary N) is 1. The van der Waals surface area contributed by atoms with Crippen LogP contribution < -0.4 is 14.5 Å². The third-order valence-corrected chi connectivity index (χ3v) is 4.09. The number of carbonyl (C=O) groups excluding carboxylic acids is 1. The standard InChI is InChI=1S/C15H17N3O5S/c1-22-14-8-4-3-7-13(14)18(24(2,20)21)11-15(19)17-16-10-12-6-5-9-23-12/h3-10H,11H2,1-2H3,(H,17,19)/b16-10-. The molecule has 0 fully saturated rings. The van der Waals surface area contributed by atoms with E-state index < -0.39 is 22.5 Å². The van der Waals surface area contributed by atoms with Crippen molar-refractivity contribution < 1.29 is 22.4 Å². The van der Waals surface area contributed by atoms with Crippen LogP contribution in [-0.4, -0.2) is 40.4 Å². The van der Waals surface area contributed by atoms with Crippen molar-refractivity contribution in [2.45, 2.75) is 0 Å². The fourth-order valence-electron chi connectivity index (χ4n) is 1.92. The largest absolute Gasteiger partial charge is 0.495 e. The lowest BCUT2D eigenvalue weighted by Gasteiger charge is -2.23. The van der Waals surface area contributed by atoms with Gasteiger partial charge in [-0.1, -0.05) is 12.1 Å². The molecule has 8 nitrogen and oxygen atoms in total. The maximum atomic E-state index is 12.0. The minimum absolute atomic E-state index is 0.271. The molecule has 0 bridgehead atoms. The molecule has 1 amide bonds. The van der Waals surface area contributed by atoms with Crippen molar-refractivity contribution in [3.8, 4) is 5.75 Å². The molecule has 1 heterocycles. The number of benzene rings is 1. The van der Waals surface area contributed by atoms with Gasteiger partial charge in [0.1, 0.15) is 18.1 Å². The number of methoxy groups -OCH3 is 1. The number of sulfonamides is 1. The van der Waals surface area contributed by atoms with Gasteiger partial charge in [-0.2, -0.15) is 5.10 Å². The topological polar surface area (TPSA) is 101 Å². The number of rotatable bonds is 7. The van der Waals surface area contributed by atoms with Crippen LogP contribution >= 0.6 is 0 Å². The maximum absolute atomic E-state index is 12.0. The van der Waals surface area contributed by atoms with Gasteiger partial charge < -0.3 is 9.15 Å². The molecule has 0 aliphatic carbocycles. The Morgan fingerprint density at radius 2 is 2.08 bits per heavy atom. The molecule has 128 valence electrons. The van der Waals surface area contributed by atoms with E-state index in [1.807, 2.05) is 0 Å². The van der Waals surface area contributed by atoms with Gasteiger partial charge in [0.25, 0.3) is 5.91 Å². The Morgan fingerprint density at radius 3 is 2.71 bits per heavy atom. The first-order chi connectivity index (χ1) is 11.4. The average Bonchev–Trinajstić information content (AvgIpc) is 3.05. The van der Waals surface area contributed by atoms with Gasteiger partial charge in [-0.25, -0.2) is 13.8 Å². The summed E-state index contributed by atoms with van der Waals surface area (Å²) >= 11 is 0. The van der Waals surface area contributed by atoms with E-state index >= 15 is 0 Å². The minimum Gasteiger partial charge on any atom is -0.495 e. The molecule has 0 atom stereocenters. The molecule has 1 N–H and O–H groups in total. The number of hydrogen-bond donors (Lipinski definition) is 1. The van der Waals surface area contributed by atoms with E-state index in [-0.39, 0.29) is 5.69 Å². The van der Waals surface area contributed by atoms with E-state index in [0.717, 1.165) is 10.6 Å². The smallest absolute Gasteiger partial charge is 0.260 e. The Kier molecular flexibility index (Phi) is 5.59. The highest BCUT2D eigenvalue weighted by Crippen LogP contribution is 2.29. The average molecular weight is 351 g/mol. The Hall–Kier alpha value is -2.81. The summed E-state index contributed by atoms with van der Waals surface area (Å²) in [6.07, 6.45) is 3.79. The molecular formula is C15H17N3O5S. The lowest BCUT2D eigenvalue weighted by atomic mass is 10.3. The van der Waals surface area contributed by atoms with Crippen LogP contribution in [0.4, 0.5) is 5.69 Å². The summed E-state index contributed by atoms with van der Waals surface area (Å²) in [7, 11) is -2.27. The highest BCUT2D eigenvalue weighted by molar-refractivity contribution is 7.92. The van der Waals surface area contributed by atoms with E-state index in [2.05, 4.69) is 10.5 Å². The van der Waals surface area contributed by atoms with Crippen LogP contribution in [0.3, 0.4) is 0 Å². The molecule has 2 rings (SSSR count). The summed E-state index contributed by atoms with van der Waals surface area (Å²) in [6.45, 7) is -0.436. The zero-order valence-corrected chi connectivity index (χ0v) is 14.0. The number of hydrogen-bond acceptors (Lipinski definition) is 6. The van der Waals surface area contributed by atoms with Crippen molar-refractivity contribution in [2.75, 3.05) is 24.2 Å². The summed E-state index contributed by atoms with van der Waals surface area (Å²) in [5.41, 5.74) is 2.53. The number of furan rings is 1. The van der Waals surface area contributed by atoms with Gasteiger partial charge in [0.15, 0.2) is 0 Å². The molecule has 24 heavy (non-hydrogen) atoms. The van der Waals surface area contributed by atoms with E-state index in [9.17, 15) is 13.2 Å². The third-order valence-electron chi connectivity index (χ3n) is 2.97. The molecule has 1 aromatic heterocycles. The van der Waals surface area contributed by atoms with Crippen molar-refractivity contribution in [3.63, 3.8) is 0 Å². The monoisotopic (exact) mass is 351 g/mol. The molecule has 9 heteroatoms. The van der Waals surface area contributed by atoms with Crippen molar-refractivity contribution in [1.82, 2.24) is 5.43 Å². The highest BCUT2D eigenvalue weighted by atomic mass is 32.2. The van der Waals surface area contributed by atoms with Crippen LogP contribution in [0, 0.1) is 0 Å². The Morgan fingerprint density at radius 1 is 1.33 bits per heavy atom. The fraction of sp³-hybridized carbons (Fsp3) is 0.200. The van der Waals surface area contributed by atoms with Gasteiger partial charge in [0.05, 0.1) is 31.5 Å². The molecule has 0 aliphatic heterocycles. The van der Waals surface area contributed by atoms with Gasteiger partial charge in [-0.15, -0.1) is 0 Å².